The highest BCUT2D eigenvalue weighted by Crippen LogP contribution is 2.23. The third-order valence-electron chi connectivity index (χ3n) is 4.39. The molecule has 1 aromatic carbocycles. The van der Waals surface area contributed by atoms with Crippen molar-refractivity contribution in [2.24, 2.45) is 0 Å². The Morgan fingerprint density at radius 1 is 1.19 bits per heavy atom. The van der Waals surface area contributed by atoms with E-state index in [4.69, 9.17) is 11.6 Å². The Balaban J connectivity index is 1.73. The summed E-state index contributed by atoms with van der Waals surface area (Å²) in [6, 6.07) is 11.5. The predicted molar refractivity (Wildman–Crippen MR) is 103 cm³/mol. The van der Waals surface area contributed by atoms with Crippen molar-refractivity contribution in [1.82, 2.24) is 19.6 Å². The first kappa shape index (κ1) is 18.2. The lowest BCUT2D eigenvalue weighted by Gasteiger charge is -2.13. The van der Waals surface area contributed by atoms with Crippen molar-refractivity contribution in [3.05, 3.63) is 64.1 Å². The largest absolute Gasteiger partial charge is 0.307 e. The average Bonchev–Trinajstić information content (AvgIpc) is 3.09. The second kappa shape index (κ2) is 7.33. The van der Waals surface area contributed by atoms with Crippen molar-refractivity contribution in [3.63, 3.8) is 0 Å². The Morgan fingerprint density at radius 2 is 1.88 bits per heavy atom. The van der Waals surface area contributed by atoms with E-state index < -0.39 is 6.04 Å². The third kappa shape index (κ3) is 3.65. The standard InChI is InChI=1S/C19H22ClN5O/c1-12-10-17(23-24(12)11-16-8-6-5-7-9-16)21-19(26)15(4)25-14(3)18(20)13(2)22-25/h5-10,15H,11H2,1-4H3,(H,21,23,26). The van der Waals surface area contributed by atoms with E-state index >= 15 is 0 Å². The summed E-state index contributed by atoms with van der Waals surface area (Å²) in [7, 11) is 0. The molecule has 0 radical (unpaired) electrons. The first-order valence-corrected chi connectivity index (χ1v) is 8.85. The number of anilines is 1. The van der Waals surface area contributed by atoms with Gasteiger partial charge >= 0.3 is 0 Å². The highest BCUT2D eigenvalue weighted by atomic mass is 35.5. The van der Waals surface area contributed by atoms with Crippen LogP contribution < -0.4 is 5.32 Å². The molecule has 0 aliphatic heterocycles. The maximum atomic E-state index is 12.6. The molecule has 0 saturated carbocycles. The van der Waals surface area contributed by atoms with Crippen molar-refractivity contribution >= 4 is 23.3 Å². The van der Waals surface area contributed by atoms with Gasteiger partial charge in [-0.1, -0.05) is 41.9 Å². The number of carbonyl (C=O) groups excluding carboxylic acids is 1. The van der Waals surface area contributed by atoms with Crippen molar-refractivity contribution in [1.29, 1.82) is 0 Å². The van der Waals surface area contributed by atoms with Gasteiger partial charge in [-0.05, 0) is 33.3 Å². The molecule has 2 aromatic heterocycles. The predicted octanol–water partition coefficient (Wildman–Crippen LogP) is 3.91. The fraction of sp³-hybridized carbons (Fsp3) is 0.316. The maximum Gasteiger partial charge on any atom is 0.250 e. The number of aryl methyl sites for hydroxylation is 2. The van der Waals surface area contributed by atoms with Gasteiger partial charge in [-0.2, -0.15) is 10.2 Å². The van der Waals surface area contributed by atoms with Crippen LogP contribution in [-0.2, 0) is 11.3 Å². The van der Waals surface area contributed by atoms with Gasteiger partial charge < -0.3 is 5.32 Å². The highest BCUT2D eigenvalue weighted by molar-refractivity contribution is 6.31. The van der Waals surface area contributed by atoms with E-state index in [-0.39, 0.29) is 5.91 Å². The zero-order valence-corrected chi connectivity index (χ0v) is 16.1. The first-order valence-electron chi connectivity index (χ1n) is 8.47. The smallest absolute Gasteiger partial charge is 0.250 e. The Labute approximate surface area is 157 Å². The van der Waals surface area contributed by atoms with Crippen LogP contribution in [0.4, 0.5) is 5.82 Å². The van der Waals surface area contributed by atoms with Gasteiger partial charge in [0.1, 0.15) is 6.04 Å². The van der Waals surface area contributed by atoms with Crippen molar-refractivity contribution in [3.8, 4) is 0 Å². The minimum absolute atomic E-state index is 0.184. The van der Waals surface area contributed by atoms with Crippen LogP contribution in [-0.4, -0.2) is 25.5 Å². The van der Waals surface area contributed by atoms with Crippen LogP contribution in [0.1, 0.15) is 35.6 Å². The second-order valence-electron chi connectivity index (χ2n) is 6.41. The number of rotatable bonds is 5. The topological polar surface area (TPSA) is 64.7 Å². The molecule has 0 aliphatic rings. The van der Waals surface area contributed by atoms with Gasteiger partial charge in [0.15, 0.2) is 5.82 Å². The molecule has 1 amide bonds. The fourth-order valence-corrected chi connectivity index (χ4v) is 2.97. The lowest BCUT2D eigenvalue weighted by Crippen LogP contribution is -2.25. The summed E-state index contributed by atoms with van der Waals surface area (Å²) < 4.78 is 3.51. The van der Waals surface area contributed by atoms with Gasteiger partial charge in [0.2, 0.25) is 5.91 Å². The van der Waals surface area contributed by atoms with Crippen molar-refractivity contribution in [2.75, 3.05) is 5.32 Å². The summed E-state index contributed by atoms with van der Waals surface area (Å²) in [6.07, 6.45) is 0. The van der Waals surface area contributed by atoms with Crippen molar-refractivity contribution < 1.29 is 4.79 Å². The molecule has 0 bridgehead atoms. The van der Waals surface area contributed by atoms with Crippen LogP contribution in [0.2, 0.25) is 5.02 Å². The summed E-state index contributed by atoms with van der Waals surface area (Å²) in [5.74, 6) is 0.347. The quantitative estimate of drug-likeness (QED) is 0.739. The number of hydrogen-bond acceptors (Lipinski definition) is 3. The fourth-order valence-electron chi connectivity index (χ4n) is 2.85. The van der Waals surface area contributed by atoms with Gasteiger partial charge in [-0.3, -0.25) is 14.2 Å². The third-order valence-corrected chi connectivity index (χ3v) is 4.94. The number of carbonyl (C=O) groups is 1. The Morgan fingerprint density at radius 3 is 2.50 bits per heavy atom. The molecule has 1 atom stereocenters. The molecule has 0 saturated heterocycles. The number of halogens is 1. The van der Waals surface area contributed by atoms with E-state index in [1.165, 1.54) is 0 Å². The molecule has 2 heterocycles. The van der Waals surface area contributed by atoms with Crippen LogP contribution in [0.3, 0.4) is 0 Å². The SMILES string of the molecule is Cc1nn(C(C)C(=O)Nc2cc(C)n(Cc3ccccc3)n2)c(C)c1Cl. The van der Waals surface area contributed by atoms with E-state index in [9.17, 15) is 4.79 Å². The summed E-state index contributed by atoms with van der Waals surface area (Å²) in [6.45, 7) is 8.09. The van der Waals surface area contributed by atoms with Gasteiger partial charge in [0.25, 0.3) is 0 Å². The molecular weight excluding hydrogens is 350 g/mol. The maximum absolute atomic E-state index is 12.6. The molecule has 1 N–H and O–H groups in total. The molecule has 7 heteroatoms. The van der Waals surface area contributed by atoms with Crippen LogP contribution in [0, 0.1) is 20.8 Å². The molecule has 0 aliphatic carbocycles. The van der Waals surface area contributed by atoms with Crippen LogP contribution in [0.15, 0.2) is 36.4 Å². The molecule has 1 unspecified atom stereocenters. The monoisotopic (exact) mass is 371 g/mol. The van der Waals surface area contributed by atoms with Crippen molar-refractivity contribution in [2.45, 2.75) is 40.3 Å². The minimum Gasteiger partial charge on any atom is -0.307 e. The molecule has 6 nitrogen and oxygen atoms in total. The van der Waals surface area contributed by atoms with Crippen LogP contribution in [0.5, 0.6) is 0 Å². The lowest BCUT2D eigenvalue weighted by atomic mass is 10.2. The summed E-state index contributed by atoms with van der Waals surface area (Å²) in [4.78, 5) is 12.6. The molecule has 3 aromatic rings. The van der Waals surface area contributed by atoms with E-state index in [0.29, 0.717) is 23.1 Å². The number of benzene rings is 1. The molecular formula is C19H22ClN5O. The number of aromatic nitrogens is 4. The summed E-state index contributed by atoms with van der Waals surface area (Å²) in [5.41, 5.74) is 3.62. The average molecular weight is 372 g/mol. The normalized spacial score (nSPS) is 12.2. The molecule has 0 fully saturated rings. The van der Waals surface area contributed by atoms with Gasteiger partial charge in [0, 0.05) is 11.8 Å². The van der Waals surface area contributed by atoms with E-state index in [1.54, 1.807) is 11.6 Å². The van der Waals surface area contributed by atoms with Crippen LogP contribution >= 0.6 is 11.6 Å². The van der Waals surface area contributed by atoms with E-state index in [1.807, 2.05) is 61.9 Å². The highest BCUT2D eigenvalue weighted by Gasteiger charge is 2.21. The Kier molecular flexibility index (Phi) is 5.13. The number of hydrogen-bond donors (Lipinski definition) is 1. The lowest BCUT2D eigenvalue weighted by molar-refractivity contribution is -0.119. The molecule has 0 spiro atoms. The zero-order valence-electron chi connectivity index (χ0n) is 15.3. The Bertz CT molecular complexity index is 929. The number of nitrogens with one attached hydrogen (secondary N) is 1. The van der Waals surface area contributed by atoms with Gasteiger partial charge in [-0.25, -0.2) is 0 Å². The molecule has 3 rings (SSSR count). The molecule has 136 valence electrons. The zero-order chi connectivity index (χ0) is 18.8. The summed E-state index contributed by atoms with van der Waals surface area (Å²) in [5, 5.41) is 12.3. The van der Waals surface area contributed by atoms with E-state index in [2.05, 4.69) is 15.5 Å². The summed E-state index contributed by atoms with van der Waals surface area (Å²) >= 11 is 6.18. The van der Waals surface area contributed by atoms with Gasteiger partial charge in [-0.15, -0.1) is 0 Å². The van der Waals surface area contributed by atoms with Gasteiger partial charge in [0.05, 0.1) is 23.0 Å². The number of amides is 1. The Hall–Kier alpha value is -2.60. The van der Waals surface area contributed by atoms with Crippen LogP contribution in [0.25, 0.3) is 0 Å². The molecule has 26 heavy (non-hydrogen) atoms. The second-order valence-corrected chi connectivity index (χ2v) is 6.79. The van der Waals surface area contributed by atoms with E-state index in [0.717, 1.165) is 17.0 Å². The first-order chi connectivity index (χ1) is 12.4. The number of nitrogens with zero attached hydrogens (tertiary/aromatic N) is 4. The minimum atomic E-state index is -0.485.